The smallest absolute Gasteiger partial charge is 0.159 e. The van der Waals surface area contributed by atoms with Gasteiger partial charge in [-0.25, -0.2) is 9.97 Å². The summed E-state index contributed by atoms with van der Waals surface area (Å²) < 4.78 is 17.1. The van der Waals surface area contributed by atoms with Crippen LogP contribution >= 0.6 is 0 Å². The van der Waals surface area contributed by atoms with E-state index in [1.165, 1.54) is 25.7 Å². The lowest BCUT2D eigenvalue weighted by Gasteiger charge is -2.08. The Morgan fingerprint density at radius 1 is 0.710 bits per heavy atom. The molecule has 1 heterocycles. The van der Waals surface area contributed by atoms with Crippen molar-refractivity contribution in [1.29, 1.82) is 0 Å². The van der Waals surface area contributed by atoms with Crippen LogP contribution in [0.2, 0.25) is 0 Å². The molecule has 170 valence electrons. The number of ether oxygens (including phenoxy) is 3. The molecule has 0 aliphatic rings. The van der Waals surface area contributed by atoms with E-state index in [1.807, 2.05) is 30.3 Å². The summed E-state index contributed by atoms with van der Waals surface area (Å²) in [6.07, 6.45) is 16.8. The van der Waals surface area contributed by atoms with E-state index in [1.54, 1.807) is 12.4 Å². The molecule has 1 aromatic carbocycles. The highest BCUT2D eigenvalue weighted by Gasteiger charge is 2.03. The van der Waals surface area contributed by atoms with Gasteiger partial charge in [-0.15, -0.1) is 0 Å². The summed E-state index contributed by atoms with van der Waals surface area (Å²) in [6.45, 7) is 7.33. The number of rotatable bonds is 17. The van der Waals surface area contributed by atoms with Crippen LogP contribution in [0.25, 0.3) is 11.4 Å². The fraction of sp³-hybridized carbons (Fsp3) is 0.538. The normalized spacial score (nSPS) is 11.2. The Kier molecular flexibility index (Phi) is 13.1. The van der Waals surface area contributed by atoms with Crippen molar-refractivity contribution in [2.75, 3.05) is 26.4 Å². The fourth-order valence-electron chi connectivity index (χ4n) is 2.97. The van der Waals surface area contributed by atoms with E-state index in [2.05, 4.69) is 29.9 Å². The molecule has 0 spiro atoms. The molecule has 1 aromatic heterocycles. The van der Waals surface area contributed by atoms with Gasteiger partial charge in [0.2, 0.25) is 0 Å². The van der Waals surface area contributed by atoms with Crippen LogP contribution in [0.4, 0.5) is 0 Å². The lowest BCUT2D eigenvalue weighted by Crippen LogP contribution is -2.02. The Labute approximate surface area is 187 Å². The van der Waals surface area contributed by atoms with Crippen molar-refractivity contribution >= 4 is 0 Å². The molecule has 31 heavy (non-hydrogen) atoms. The van der Waals surface area contributed by atoms with Gasteiger partial charge in [-0.2, -0.15) is 0 Å². The Balaban J connectivity index is 1.63. The first-order valence-corrected chi connectivity index (χ1v) is 11.7. The highest BCUT2D eigenvalue weighted by atomic mass is 16.5. The van der Waals surface area contributed by atoms with E-state index in [9.17, 15) is 0 Å². The van der Waals surface area contributed by atoms with E-state index in [0.717, 1.165) is 50.2 Å². The standard InChI is InChI=1S/C26H38N2O3/c1-3-5-7-9-17-29-18-11-12-20-30-24-15-13-23(14-16-24)26-27-21-25(22-28-26)31-19-10-8-6-4-2/h8,10,13-16,21-22H,3-7,9,11-12,17-20H2,1-2H3. The molecular formula is C26H38N2O3. The Bertz CT molecular complexity index is 714. The number of nitrogens with zero attached hydrogens (tertiary/aromatic N) is 2. The van der Waals surface area contributed by atoms with Crippen molar-refractivity contribution in [1.82, 2.24) is 9.97 Å². The molecule has 0 bridgehead atoms. The van der Waals surface area contributed by atoms with Crippen LogP contribution in [-0.4, -0.2) is 36.4 Å². The van der Waals surface area contributed by atoms with E-state index >= 15 is 0 Å². The molecule has 5 nitrogen and oxygen atoms in total. The summed E-state index contributed by atoms with van der Waals surface area (Å²) >= 11 is 0. The molecule has 0 radical (unpaired) electrons. The Hall–Kier alpha value is -2.40. The Morgan fingerprint density at radius 2 is 1.42 bits per heavy atom. The van der Waals surface area contributed by atoms with Crippen LogP contribution in [0.5, 0.6) is 11.5 Å². The zero-order chi connectivity index (χ0) is 22.0. The summed E-state index contributed by atoms with van der Waals surface area (Å²) in [6, 6.07) is 7.90. The number of allylic oxidation sites excluding steroid dienone is 1. The molecular weight excluding hydrogens is 388 g/mol. The van der Waals surface area contributed by atoms with Crippen molar-refractivity contribution < 1.29 is 14.2 Å². The zero-order valence-corrected chi connectivity index (χ0v) is 19.2. The average molecular weight is 427 g/mol. The molecule has 0 amide bonds. The molecule has 0 fully saturated rings. The first kappa shape index (κ1) is 24.9. The van der Waals surface area contributed by atoms with Crippen molar-refractivity contribution in [2.45, 2.75) is 65.2 Å². The highest BCUT2D eigenvalue weighted by molar-refractivity contribution is 5.56. The van der Waals surface area contributed by atoms with Crippen LogP contribution in [0, 0.1) is 0 Å². The molecule has 5 heteroatoms. The summed E-state index contributed by atoms with van der Waals surface area (Å²) in [4.78, 5) is 8.81. The van der Waals surface area contributed by atoms with Gasteiger partial charge in [0, 0.05) is 18.8 Å². The maximum atomic E-state index is 5.83. The van der Waals surface area contributed by atoms with E-state index in [4.69, 9.17) is 14.2 Å². The van der Waals surface area contributed by atoms with Gasteiger partial charge in [0.15, 0.2) is 11.6 Å². The summed E-state index contributed by atoms with van der Waals surface area (Å²) in [5.74, 6) is 2.22. The van der Waals surface area contributed by atoms with Gasteiger partial charge in [-0.05, 0) is 49.9 Å². The number of aromatic nitrogens is 2. The quantitative estimate of drug-likeness (QED) is 0.210. The van der Waals surface area contributed by atoms with Gasteiger partial charge in [0.1, 0.15) is 12.4 Å². The van der Waals surface area contributed by atoms with Gasteiger partial charge in [0.05, 0.1) is 19.0 Å². The fourth-order valence-corrected chi connectivity index (χ4v) is 2.97. The molecule has 0 saturated heterocycles. The van der Waals surface area contributed by atoms with Gasteiger partial charge in [0.25, 0.3) is 0 Å². The second kappa shape index (κ2) is 16.3. The minimum atomic E-state index is 0.541. The van der Waals surface area contributed by atoms with Crippen molar-refractivity contribution in [2.24, 2.45) is 0 Å². The third kappa shape index (κ3) is 11.0. The second-order valence-corrected chi connectivity index (χ2v) is 7.57. The van der Waals surface area contributed by atoms with Crippen LogP contribution in [-0.2, 0) is 4.74 Å². The topological polar surface area (TPSA) is 53.5 Å². The van der Waals surface area contributed by atoms with Crippen LogP contribution in [0.1, 0.15) is 65.2 Å². The monoisotopic (exact) mass is 426 g/mol. The number of unbranched alkanes of at least 4 members (excludes halogenated alkanes) is 5. The predicted octanol–water partition coefficient (Wildman–Crippen LogP) is 6.63. The van der Waals surface area contributed by atoms with Gasteiger partial charge in [-0.3, -0.25) is 0 Å². The third-order valence-electron chi connectivity index (χ3n) is 4.80. The molecule has 0 aliphatic carbocycles. The maximum Gasteiger partial charge on any atom is 0.159 e. The Morgan fingerprint density at radius 3 is 2.13 bits per heavy atom. The van der Waals surface area contributed by atoms with Crippen LogP contribution in [0.15, 0.2) is 48.8 Å². The van der Waals surface area contributed by atoms with Gasteiger partial charge >= 0.3 is 0 Å². The number of hydrogen-bond acceptors (Lipinski definition) is 5. The number of benzene rings is 1. The highest BCUT2D eigenvalue weighted by Crippen LogP contribution is 2.20. The minimum absolute atomic E-state index is 0.541. The van der Waals surface area contributed by atoms with E-state index < -0.39 is 0 Å². The summed E-state index contributed by atoms with van der Waals surface area (Å²) in [5, 5.41) is 0. The summed E-state index contributed by atoms with van der Waals surface area (Å²) in [5.41, 5.74) is 0.957. The minimum Gasteiger partial charge on any atom is -0.494 e. The third-order valence-corrected chi connectivity index (χ3v) is 4.80. The van der Waals surface area contributed by atoms with E-state index in [-0.39, 0.29) is 0 Å². The zero-order valence-electron chi connectivity index (χ0n) is 19.2. The first-order valence-electron chi connectivity index (χ1n) is 11.7. The van der Waals surface area contributed by atoms with Crippen molar-refractivity contribution in [3.8, 4) is 22.9 Å². The average Bonchev–Trinajstić information content (AvgIpc) is 2.81. The first-order chi connectivity index (χ1) is 15.3. The lowest BCUT2D eigenvalue weighted by atomic mass is 10.2. The largest absolute Gasteiger partial charge is 0.494 e. The second-order valence-electron chi connectivity index (χ2n) is 7.57. The molecule has 2 rings (SSSR count). The van der Waals surface area contributed by atoms with Crippen molar-refractivity contribution in [3.63, 3.8) is 0 Å². The lowest BCUT2D eigenvalue weighted by molar-refractivity contribution is 0.122. The molecule has 0 saturated carbocycles. The van der Waals surface area contributed by atoms with Crippen molar-refractivity contribution in [3.05, 3.63) is 48.8 Å². The molecule has 0 N–H and O–H groups in total. The van der Waals surface area contributed by atoms with E-state index in [0.29, 0.717) is 24.8 Å². The maximum absolute atomic E-state index is 5.83. The van der Waals surface area contributed by atoms with Gasteiger partial charge in [-0.1, -0.05) is 51.7 Å². The molecule has 0 aliphatic heterocycles. The van der Waals surface area contributed by atoms with Gasteiger partial charge < -0.3 is 14.2 Å². The SMILES string of the molecule is CCCC=CCOc1cnc(-c2ccc(OCCCCOCCCCCC)cc2)nc1. The van der Waals surface area contributed by atoms with Crippen LogP contribution in [0.3, 0.4) is 0 Å². The summed E-state index contributed by atoms with van der Waals surface area (Å²) in [7, 11) is 0. The molecule has 0 atom stereocenters. The predicted molar refractivity (Wildman–Crippen MR) is 127 cm³/mol. The van der Waals surface area contributed by atoms with Crippen LogP contribution < -0.4 is 9.47 Å². The number of hydrogen-bond donors (Lipinski definition) is 0. The molecule has 0 unspecified atom stereocenters. The molecule has 2 aromatic rings.